The van der Waals surface area contributed by atoms with E-state index in [0.29, 0.717) is 16.6 Å². The molecule has 4 rings (SSSR count). The maximum absolute atomic E-state index is 12.9. The molecule has 2 aromatic heterocycles. The van der Waals surface area contributed by atoms with Crippen molar-refractivity contribution in [3.05, 3.63) is 64.6 Å². The van der Waals surface area contributed by atoms with Crippen molar-refractivity contribution in [3.63, 3.8) is 0 Å². The number of aromatic nitrogens is 2. The van der Waals surface area contributed by atoms with E-state index in [0.717, 1.165) is 12.8 Å². The van der Waals surface area contributed by atoms with Crippen LogP contribution in [0.25, 0.3) is 10.9 Å². The van der Waals surface area contributed by atoms with Crippen LogP contribution in [0.1, 0.15) is 40.5 Å². The van der Waals surface area contributed by atoms with E-state index in [1.54, 1.807) is 30.5 Å². The van der Waals surface area contributed by atoms with Crippen LogP contribution in [0.4, 0.5) is 13.2 Å². The number of amides is 1. The first kappa shape index (κ1) is 19.4. The molecule has 0 saturated heterocycles. The molecule has 2 heterocycles. The Bertz CT molecular complexity index is 1070. The van der Waals surface area contributed by atoms with Gasteiger partial charge in [0, 0.05) is 11.6 Å². The van der Waals surface area contributed by atoms with Gasteiger partial charge in [0.25, 0.3) is 5.91 Å². The fourth-order valence-corrected chi connectivity index (χ4v) is 3.26. The van der Waals surface area contributed by atoms with Crippen LogP contribution in [0, 0.1) is 0 Å². The van der Waals surface area contributed by atoms with E-state index in [2.05, 4.69) is 20.0 Å². The molecule has 0 unspecified atom stereocenters. The predicted octanol–water partition coefficient (Wildman–Crippen LogP) is 4.99. The van der Waals surface area contributed by atoms with E-state index >= 15 is 0 Å². The summed E-state index contributed by atoms with van der Waals surface area (Å²) < 4.78 is 42.9. The average Bonchev–Trinajstić information content (AvgIpc) is 3.51. The molecule has 1 amide bonds. The largest absolute Gasteiger partial charge is 0.573 e. The van der Waals surface area contributed by atoms with Crippen LogP contribution in [0.5, 0.6) is 5.75 Å². The fraction of sp³-hybridized carbons (Fsp3) is 0.250. The maximum atomic E-state index is 12.9. The molecule has 3 aromatic rings. The number of nitrogens with zero attached hydrogens (tertiary/aromatic N) is 2. The zero-order chi connectivity index (χ0) is 20.6. The van der Waals surface area contributed by atoms with Crippen LogP contribution in [-0.4, -0.2) is 22.2 Å². The highest BCUT2D eigenvalue weighted by Crippen LogP contribution is 2.44. The molecule has 1 aromatic carbocycles. The monoisotopic (exact) mass is 421 g/mol. The summed E-state index contributed by atoms with van der Waals surface area (Å²) in [6.07, 6.45) is -1.50. The Morgan fingerprint density at radius 3 is 2.69 bits per heavy atom. The summed E-state index contributed by atoms with van der Waals surface area (Å²) in [6, 6.07) is 9.63. The van der Waals surface area contributed by atoms with Gasteiger partial charge in [-0.1, -0.05) is 17.7 Å². The van der Waals surface area contributed by atoms with Crippen LogP contribution < -0.4 is 10.1 Å². The number of nitrogens with one attached hydrogen (secondary N) is 1. The van der Waals surface area contributed by atoms with E-state index in [1.165, 1.54) is 12.1 Å². The number of rotatable bonds is 5. The van der Waals surface area contributed by atoms with Gasteiger partial charge in [-0.25, -0.2) is 4.98 Å². The molecule has 0 atom stereocenters. The molecule has 0 spiro atoms. The third-order valence-electron chi connectivity index (χ3n) is 4.51. The van der Waals surface area contributed by atoms with E-state index in [1.807, 2.05) is 0 Å². The topological polar surface area (TPSA) is 64.1 Å². The lowest BCUT2D eigenvalue weighted by molar-refractivity contribution is -0.274. The average molecular weight is 422 g/mol. The van der Waals surface area contributed by atoms with Crippen molar-refractivity contribution < 1.29 is 22.7 Å². The van der Waals surface area contributed by atoms with Gasteiger partial charge in [0.15, 0.2) is 5.75 Å². The molecular formula is C20H15ClF3N3O2. The Balaban J connectivity index is 1.69. The third-order valence-corrected chi connectivity index (χ3v) is 4.83. The molecule has 0 radical (unpaired) electrons. The molecule has 1 aliphatic carbocycles. The summed E-state index contributed by atoms with van der Waals surface area (Å²) in [4.78, 5) is 20.7. The van der Waals surface area contributed by atoms with Gasteiger partial charge >= 0.3 is 6.36 Å². The SMILES string of the molecule is O=C(NCc1ccccn1)c1cc(Cl)c2cc(C3CC3)cc(OC(F)(F)F)c2n1. The Kier molecular flexibility index (Phi) is 5.04. The molecule has 1 fully saturated rings. The molecule has 1 N–H and O–H groups in total. The molecule has 1 saturated carbocycles. The van der Waals surface area contributed by atoms with Crippen LogP contribution in [-0.2, 0) is 6.54 Å². The highest BCUT2D eigenvalue weighted by Gasteiger charge is 2.34. The number of pyridine rings is 2. The van der Waals surface area contributed by atoms with Crippen LogP contribution in [0.15, 0.2) is 42.6 Å². The van der Waals surface area contributed by atoms with Crippen molar-refractivity contribution in [1.29, 1.82) is 0 Å². The Morgan fingerprint density at radius 2 is 2.03 bits per heavy atom. The smallest absolute Gasteiger partial charge is 0.403 e. The molecule has 150 valence electrons. The number of hydrogen-bond acceptors (Lipinski definition) is 4. The minimum atomic E-state index is -4.89. The molecule has 0 bridgehead atoms. The number of halogens is 4. The highest BCUT2D eigenvalue weighted by atomic mass is 35.5. The van der Waals surface area contributed by atoms with Gasteiger partial charge in [-0.2, -0.15) is 0 Å². The van der Waals surface area contributed by atoms with Crippen LogP contribution in [0.2, 0.25) is 5.02 Å². The number of benzene rings is 1. The van der Waals surface area contributed by atoms with Gasteiger partial charge in [0.2, 0.25) is 0 Å². The van der Waals surface area contributed by atoms with Gasteiger partial charge in [-0.3, -0.25) is 9.78 Å². The summed E-state index contributed by atoms with van der Waals surface area (Å²) in [5.74, 6) is -0.853. The number of hydrogen-bond donors (Lipinski definition) is 1. The minimum Gasteiger partial charge on any atom is -0.403 e. The van der Waals surface area contributed by atoms with Crippen molar-refractivity contribution in [2.24, 2.45) is 0 Å². The standard InChI is InChI=1S/C20H15ClF3N3O2/c21-15-9-16(19(28)26-10-13-3-1-2-6-25-13)27-18-14(15)7-12(11-4-5-11)8-17(18)29-20(22,23)24/h1-3,6-9,11H,4-5,10H2,(H,26,28). The molecule has 9 heteroatoms. The van der Waals surface area contributed by atoms with Gasteiger partial charge in [0.1, 0.15) is 11.2 Å². The number of alkyl halides is 3. The highest BCUT2D eigenvalue weighted by molar-refractivity contribution is 6.36. The minimum absolute atomic E-state index is 0.107. The third kappa shape index (κ3) is 4.59. The fourth-order valence-electron chi connectivity index (χ4n) is 3.01. The lowest BCUT2D eigenvalue weighted by Gasteiger charge is -2.14. The van der Waals surface area contributed by atoms with Gasteiger partial charge in [-0.05, 0) is 54.7 Å². The number of carbonyl (C=O) groups is 1. The zero-order valence-corrected chi connectivity index (χ0v) is 15.7. The quantitative estimate of drug-likeness (QED) is 0.630. The Hall–Kier alpha value is -2.87. The lowest BCUT2D eigenvalue weighted by Crippen LogP contribution is -2.24. The molecule has 1 aliphatic rings. The number of fused-ring (bicyclic) bond motifs is 1. The van der Waals surface area contributed by atoms with Crippen LogP contribution >= 0.6 is 11.6 Å². The molecule has 0 aliphatic heterocycles. The summed E-state index contributed by atoms with van der Waals surface area (Å²) in [5.41, 5.74) is 1.13. The number of carbonyl (C=O) groups excluding carboxylic acids is 1. The van der Waals surface area contributed by atoms with Crippen molar-refractivity contribution in [2.45, 2.75) is 31.7 Å². The van der Waals surface area contributed by atoms with Gasteiger partial charge < -0.3 is 10.1 Å². The van der Waals surface area contributed by atoms with Crippen molar-refractivity contribution in [1.82, 2.24) is 15.3 Å². The van der Waals surface area contributed by atoms with E-state index in [-0.39, 0.29) is 28.7 Å². The second-order valence-corrected chi connectivity index (χ2v) is 7.14. The van der Waals surface area contributed by atoms with Crippen molar-refractivity contribution in [2.75, 3.05) is 0 Å². The predicted molar refractivity (Wildman–Crippen MR) is 101 cm³/mol. The first-order valence-corrected chi connectivity index (χ1v) is 9.26. The summed E-state index contributed by atoms with van der Waals surface area (Å²) in [6.45, 7) is 0.142. The number of ether oxygens (including phenoxy) is 1. The summed E-state index contributed by atoms with van der Waals surface area (Å²) in [5, 5.41) is 3.08. The normalized spacial score (nSPS) is 14.1. The Labute approximate surface area is 168 Å². The van der Waals surface area contributed by atoms with E-state index in [4.69, 9.17) is 11.6 Å². The second kappa shape index (κ2) is 7.51. The summed E-state index contributed by atoms with van der Waals surface area (Å²) in [7, 11) is 0. The van der Waals surface area contributed by atoms with Crippen molar-refractivity contribution >= 4 is 28.4 Å². The molecule has 5 nitrogen and oxygen atoms in total. The zero-order valence-electron chi connectivity index (χ0n) is 15.0. The summed E-state index contributed by atoms with van der Waals surface area (Å²) >= 11 is 6.29. The first-order valence-electron chi connectivity index (χ1n) is 8.88. The van der Waals surface area contributed by atoms with E-state index in [9.17, 15) is 18.0 Å². The van der Waals surface area contributed by atoms with E-state index < -0.39 is 18.0 Å². The molecular weight excluding hydrogens is 407 g/mol. The van der Waals surface area contributed by atoms with Crippen LogP contribution in [0.3, 0.4) is 0 Å². The lowest BCUT2D eigenvalue weighted by atomic mass is 10.1. The van der Waals surface area contributed by atoms with Gasteiger partial charge in [-0.15, -0.1) is 13.2 Å². The van der Waals surface area contributed by atoms with Gasteiger partial charge in [0.05, 0.1) is 17.3 Å². The Morgan fingerprint density at radius 1 is 1.24 bits per heavy atom. The second-order valence-electron chi connectivity index (χ2n) is 6.73. The first-order chi connectivity index (χ1) is 13.8. The van der Waals surface area contributed by atoms with Crippen molar-refractivity contribution in [3.8, 4) is 5.75 Å². The molecule has 29 heavy (non-hydrogen) atoms. The maximum Gasteiger partial charge on any atom is 0.573 e.